The molecule has 0 aromatic carbocycles. The van der Waals surface area contributed by atoms with Crippen LogP contribution in [0.25, 0.3) is 0 Å². The van der Waals surface area contributed by atoms with Crippen LogP contribution in [0.2, 0.25) is 0 Å². The third-order valence-electron chi connectivity index (χ3n) is 2.32. The SMILES string of the molecule is CCC(CC)COc1cncc(Br)c1. The monoisotopic (exact) mass is 257 g/mol. The summed E-state index contributed by atoms with van der Waals surface area (Å²) in [6.07, 6.45) is 5.83. The zero-order chi connectivity index (χ0) is 10.4. The van der Waals surface area contributed by atoms with E-state index in [1.165, 1.54) is 0 Å². The van der Waals surface area contributed by atoms with E-state index in [1.807, 2.05) is 6.07 Å². The standard InChI is InChI=1S/C11H16BrNO/c1-3-9(4-2)8-14-11-5-10(12)6-13-7-11/h5-7,9H,3-4,8H2,1-2H3. The third-order valence-corrected chi connectivity index (χ3v) is 2.75. The Labute approximate surface area is 93.8 Å². The molecule has 1 aromatic heterocycles. The number of pyridine rings is 1. The van der Waals surface area contributed by atoms with Gasteiger partial charge in [-0.3, -0.25) is 4.98 Å². The minimum Gasteiger partial charge on any atom is -0.492 e. The summed E-state index contributed by atoms with van der Waals surface area (Å²) in [7, 11) is 0. The Morgan fingerprint density at radius 3 is 2.64 bits per heavy atom. The van der Waals surface area contributed by atoms with Crippen molar-refractivity contribution >= 4 is 15.9 Å². The summed E-state index contributed by atoms with van der Waals surface area (Å²) in [6.45, 7) is 5.17. The Hall–Kier alpha value is -0.570. The molecule has 0 amide bonds. The maximum Gasteiger partial charge on any atom is 0.138 e. The Morgan fingerprint density at radius 2 is 2.07 bits per heavy atom. The van der Waals surface area contributed by atoms with E-state index in [1.54, 1.807) is 12.4 Å². The Morgan fingerprint density at radius 1 is 1.36 bits per heavy atom. The van der Waals surface area contributed by atoms with Crippen molar-refractivity contribution in [1.29, 1.82) is 0 Å². The van der Waals surface area contributed by atoms with Gasteiger partial charge in [0.05, 0.1) is 12.8 Å². The maximum atomic E-state index is 5.64. The topological polar surface area (TPSA) is 22.1 Å². The highest BCUT2D eigenvalue weighted by molar-refractivity contribution is 9.10. The van der Waals surface area contributed by atoms with Crippen molar-refractivity contribution in [2.45, 2.75) is 26.7 Å². The van der Waals surface area contributed by atoms with E-state index in [0.717, 1.165) is 29.7 Å². The summed E-state index contributed by atoms with van der Waals surface area (Å²) in [5.74, 6) is 1.49. The predicted octanol–water partition coefficient (Wildman–Crippen LogP) is 3.66. The van der Waals surface area contributed by atoms with Crippen LogP contribution < -0.4 is 4.74 Å². The van der Waals surface area contributed by atoms with Crippen LogP contribution in [-0.2, 0) is 0 Å². The van der Waals surface area contributed by atoms with Gasteiger partial charge in [0.2, 0.25) is 0 Å². The maximum absolute atomic E-state index is 5.64. The molecule has 0 saturated heterocycles. The fourth-order valence-electron chi connectivity index (χ4n) is 1.21. The van der Waals surface area contributed by atoms with Crippen LogP contribution in [0.4, 0.5) is 0 Å². The first kappa shape index (κ1) is 11.5. The molecule has 1 aromatic rings. The molecule has 0 radical (unpaired) electrons. The zero-order valence-corrected chi connectivity index (χ0v) is 10.3. The van der Waals surface area contributed by atoms with Crippen LogP contribution in [0, 0.1) is 5.92 Å². The highest BCUT2D eigenvalue weighted by Gasteiger charge is 2.04. The molecule has 0 atom stereocenters. The lowest BCUT2D eigenvalue weighted by Crippen LogP contribution is -2.10. The van der Waals surface area contributed by atoms with Crippen molar-refractivity contribution in [3.63, 3.8) is 0 Å². The molecule has 1 heterocycles. The van der Waals surface area contributed by atoms with Crippen molar-refractivity contribution in [1.82, 2.24) is 4.98 Å². The van der Waals surface area contributed by atoms with Crippen LogP contribution in [0.15, 0.2) is 22.9 Å². The van der Waals surface area contributed by atoms with Gasteiger partial charge in [-0.15, -0.1) is 0 Å². The van der Waals surface area contributed by atoms with Gasteiger partial charge in [-0.1, -0.05) is 26.7 Å². The number of rotatable bonds is 5. The first-order valence-electron chi connectivity index (χ1n) is 4.99. The highest BCUT2D eigenvalue weighted by atomic mass is 79.9. The number of hydrogen-bond acceptors (Lipinski definition) is 2. The Balaban J connectivity index is 2.44. The van der Waals surface area contributed by atoms with Crippen LogP contribution in [0.3, 0.4) is 0 Å². The second kappa shape index (κ2) is 6.02. The van der Waals surface area contributed by atoms with Crippen LogP contribution >= 0.6 is 15.9 Å². The van der Waals surface area contributed by atoms with Crippen molar-refractivity contribution < 1.29 is 4.74 Å². The molecule has 0 unspecified atom stereocenters. The molecule has 0 aliphatic carbocycles. The van der Waals surface area contributed by atoms with Crippen molar-refractivity contribution in [2.24, 2.45) is 5.92 Å². The van der Waals surface area contributed by atoms with Gasteiger partial charge in [0.25, 0.3) is 0 Å². The van der Waals surface area contributed by atoms with Gasteiger partial charge in [0, 0.05) is 10.7 Å². The fourth-order valence-corrected chi connectivity index (χ4v) is 1.55. The van der Waals surface area contributed by atoms with Crippen molar-refractivity contribution in [2.75, 3.05) is 6.61 Å². The average molecular weight is 258 g/mol. The summed E-state index contributed by atoms with van der Waals surface area (Å²) in [5.41, 5.74) is 0. The second-order valence-electron chi connectivity index (χ2n) is 3.33. The lowest BCUT2D eigenvalue weighted by molar-refractivity contribution is 0.240. The van der Waals surface area contributed by atoms with E-state index in [9.17, 15) is 0 Å². The zero-order valence-electron chi connectivity index (χ0n) is 8.66. The molecule has 0 aliphatic rings. The molecule has 0 spiro atoms. The number of aromatic nitrogens is 1. The molecule has 1 rings (SSSR count). The van der Waals surface area contributed by atoms with Gasteiger partial charge in [-0.25, -0.2) is 0 Å². The number of nitrogens with zero attached hydrogens (tertiary/aromatic N) is 1. The van der Waals surface area contributed by atoms with E-state index in [-0.39, 0.29) is 0 Å². The molecule has 0 aliphatic heterocycles. The van der Waals surface area contributed by atoms with Crippen molar-refractivity contribution in [3.05, 3.63) is 22.9 Å². The van der Waals surface area contributed by atoms with Gasteiger partial charge < -0.3 is 4.74 Å². The second-order valence-corrected chi connectivity index (χ2v) is 4.25. The largest absolute Gasteiger partial charge is 0.492 e. The van der Waals surface area contributed by atoms with Crippen LogP contribution in [0.5, 0.6) is 5.75 Å². The molecule has 0 N–H and O–H groups in total. The summed E-state index contributed by atoms with van der Waals surface area (Å²) in [4.78, 5) is 4.04. The van der Waals surface area contributed by atoms with Crippen molar-refractivity contribution in [3.8, 4) is 5.75 Å². The van der Waals surface area contributed by atoms with E-state index >= 15 is 0 Å². The predicted molar refractivity (Wildman–Crippen MR) is 61.5 cm³/mol. The Kier molecular flexibility index (Phi) is 4.94. The fraction of sp³-hybridized carbons (Fsp3) is 0.545. The van der Waals surface area contributed by atoms with E-state index in [2.05, 4.69) is 34.8 Å². The lowest BCUT2D eigenvalue weighted by atomic mass is 10.1. The normalized spacial score (nSPS) is 10.6. The molecule has 0 saturated carbocycles. The lowest BCUT2D eigenvalue weighted by Gasteiger charge is -2.13. The number of hydrogen-bond donors (Lipinski definition) is 0. The van der Waals surface area contributed by atoms with E-state index < -0.39 is 0 Å². The number of ether oxygens (including phenoxy) is 1. The smallest absolute Gasteiger partial charge is 0.138 e. The Bertz CT molecular complexity index is 274. The molecule has 0 fully saturated rings. The molecule has 3 heteroatoms. The van der Waals surface area contributed by atoms with E-state index in [4.69, 9.17) is 4.74 Å². The first-order valence-corrected chi connectivity index (χ1v) is 5.78. The first-order chi connectivity index (χ1) is 6.76. The minimum absolute atomic E-state index is 0.647. The molecule has 0 bridgehead atoms. The number of halogens is 1. The van der Waals surface area contributed by atoms with Gasteiger partial charge in [0.1, 0.15) is 5.75 Å². The quantitative estimate of drug-likeness (QED) is 0.804. The van der Waals surface area contributed by atoms with Gasteiger partial charge >= 0.3 is 0 Å². The minimum atomic E-state index is 0.647. The molecule has 14 heavy (non-hydrogen) atoms. The summed E-state index contributed by atoms with van der Waals surface area (Å²) >= 11 is 3.36. The molecular formula is C11H16BrNO. The third kappa shape index (κ3) is 3.66. The summed E-state index contributed by atoms with van der Waals surface area (Å²) < 4.78 is 6.60. The van der Waals surface area contributed by atoms with Gasteiger partial charge in [0.15, 0.2) is 0 Å². The van der Waals surface area contributed by atoms with Gasteiger partial charge in [-0.2, -0.15) is 0 Å². The summed E-state index contributed by atoms with van der Waals surface area (Å²) in [6, 6.07) is 1.94. The summed E-state index contributed by atoms with van der Waals surface area (Å²) in [5, 5.41) is 0. The van der Waals surface area contributed by atoms with Gasteiger partial charge in [-0.05, 0) is 27.9 Å². The molecule has 2 nitrogen and oxygen atoms in total. The van der Waals surface area contributed by atoms with Crippen LogP contribution in [0.1, 0.15) is 26.7 Å². The molecular weight excluding hydrogens is 242 g/mol. The van der Waals surface area contributed by atoms with Crippen LogP contribution in [-0.4, -0.2) is 11.6 Å². The highest BCUT2D eigenvalue weighted by Crippen LogP contribution is 2.17. The van der Waals surface area contributed by atoms with E-state index in [0.29, 0.717) is 5.92 Å². The molecule has 78 valence electrons. The average Bonchev–Trinajstić information content (AvgIpc) is 2.19.